The number of H-pyrrole nitrogens is 1. The summed E-state index contributed by atoms with van der Waals surface area (Å²) in [6.45, 7) is 3.32. The first-order valence-corrected chi connectivity index (χ1v) is 9.91. The van der Waals surface area contributed by atoms with Crippen molar-refractivity contribution in [2.45, 2.75) is 37.6 Å². The molecule has 25 heavy (non-hydrogen) atoms. The van der Waals surface area contributed by atoms with Crippen LogP contribution in [-0.2, 0) is 0 Å². The lowest BCUT2D eigenvalue weighted by Gasteiger charge is -2.47. The molecule has 0 amide bonds. The minimum atomic E-state index is 0.279. The summed E-state index contributed by atoms with van der Waals surface area (Å²) in [4.78, 5) is 14.8. The summed E-state index contributed by atoms with van der Waals surface area (Å²) in [5.74, 6) is 0.785. The lowest BCUT2D eigenvalue weighted by atomic mass is 9.81. The molecule has 2 aliphatic heterocycles. The van der Waals surface area contributed by atoms with Crippen LogP contribution < -0.4 is 10.2 Å². The molecule has 3 aromatic rings. The molecule has 5 heterocycles. The van der Waals surface area contributed by atoms with Gasteiger partial charge in [-0.25, -0.2) is 9.97 Å². The zero-order valence-corrected chi connectivity index (χ0v) is 15.0. The summed E-state index contributed by atoms with van der Waals surface area (Å²) in [7, 11) is 0. The number of nitrogens with one attached hydrogen (secondary N) is 2. The summed E-state index contributed by atoms with van der Waals surface area (Å²) >= 11 is 1.39. The van der Waals surface area contributed by atoms with Crippen LogP contribution in [0.25, 0.3) is 22.4 Å². The van der Waals surface area contributed by atoms with Gasteiger partial charge in [-0.3, -0.25) is 0 Å². The number of nitrogens with zero attached hydrogens (tertiary/aromatic N) is 4. The Bertz CT molecular complexity index is 859. The number of aromatic nitrogens is 4. The largest absolute Gasteiger partial charge is 0.369 e. The Hall–Kier alpha value is -1.99. The van der Waals surface area contributed by atoms with Crippen molar-refractivity contribution in [3.05, 3.63) is 24.0 Å². The molecule has 0 aliphatic carbocycles. The smallest absolute Gasteiger partial charge is 0.175 e. The van der Waals surface area contributed by atoms with Gasteiger partial charge >= 0.3 is 0 Å². The molecular formula is C18H22N6S. The number of fused-ring (bicyclic) bond motifs is 1. The number of hydrogen-bond acceptors (Lipinski definition) is 6. The fraction of sp³-hybridized carbons (Fsp3) is 0.500. The summed E-state index contributed by atoms with van der Waals surface area (Å²) in [6, 6.07) is 2.15. The first-order chi connectivity index (χ1) is 12.3. The Kier molecular flexibility index (Phi) is 3.71. The van der Waals surface area contributed by atoms with E-state index < -0.39 is 0 Å². The summed E-state index contributed by atoms with van der Waals surface area (Å²) in [5, 5.41) is 4.98. The highest BCUT2D eigenvalue weighted by atomic mass is 32.1. The van der Waals surface area contributed by atoms with Crippen molar-refractivity contribution in [2.24, 2.45) is 0 Å². The van der Waals surface area contributed by atoms with Gasteiger partial charge in [-0.2, -0.15) is 4.37 Å². The number of aromatic amines is 1. The van der Waals surface area contributed by atoms with Crippen LogP contribution in [-0.4, -0.2) is 44.5 Å². The van der Waals surface area contributed by atoms with Gasteiger partial charge < -0.3 is 15.2 Å². The average molecular weight is 354 g/mol. The third-order valence-corrected chi connectivity index (χ3v) is 6.13. The second-order valence-corrected chi connectivity index (χ2v) is 7.80. The van der Waals surface area contributed by atoms with Crippen molar-refractivity contribution in [3.8, 4) is 11.4 Å². The van der Waals surface area contributed by atoms with Gasteiger partial charge in [-0.05, 0) is 49.8 Å². The molecule has 2 fully saturated rings. The second kappa shape index (κ2) is 6.07. The highest BCUT2D eigenvalue weighted by Gasteiger charge is 2.37. The topological polar surface area (TPSA) is 69.7 Å². The van der Waals surface area contributed by atoms with E-state index in [2.05, 4.69) is 35.6 Å². The van der Waals surface area contributed by atoms with E-state index in [1.54, 1.807) is 5.51 Å². The van der Waals surface area contributed by atoms with Crippen molar-refractivity contribution >= 4 is 28.3 Å². The lowest BCUT2D eigenvalue weighted by molar-refractivity contribution is 0.216. The van der Waals surface area contributed by atoms with Crippen LogP contribution in [0.4, 0.5) is 5.69 Å². The maximum absolute atomic E-state index is 4.52. The molecule has 0 aromatic carbocycles. The lowest BCUT2D eigenvalue weighted by Crippen LogP contribution is -2.59. The van der Waals surface area contributed by atoms with Gasteiger partial charge in [0.05, 0.1) is 11.1 Å². The van der Waals surface area contributed by atoms with E-state index in [0.717, 1.165) is 42.1 Å². The van der Waals surface area contributed by atoms with Crippen LogP contribution in [0.3, 0.4) is 0 Å². The van der Waals surface area contributed by atoms with Gasteiger partial charge in [0, 0.05) is 36.6 Å². The standard InChI is InChI=1S/C18H22N6S/c1-2-7-22-18(5-1)6-3-9-24(11-18)14-4-8-19-17-15(14)13(10-20-17)16-21-12-25-23-16/h4,8,10,12,22H,1-3,5-7,9,11H2,(H,19,20). The molecule has 1 atom stereocenters. The SMILES string of the molecule is c1cc(N2CCCC3(CCCCN3)C2)c2c(-c3ncsn3)c[nH]c2n1. The molecule has 1 spiro atoms. The highest BCUT2D eigenvalue weighted by molar-refractivity contribution is 7.03. The van der Waals surface area contributed by atoms with Crippen LogP contribution in [0, 0.1) is 0 Å². The Morgan fingerprint density at radius 2 is 2.12 bits per heavy atom. The number of pyridine rings is 1. The monoisotopic (exact) mass is 354 g/mol. The third kappa shape index (κ3) is 2.62. The van der Waals surface area contributed by atoms with E-state index in [-0.39, 0.29) is 5.54 Å². The molecule has 2 N–H and O–H groups in total. The molecule has 0 bridgehead atoms. The second-order valence-electron chi connectivity index (χ2n) is 7.20. The van der Waals surface area contributed by atoms with E-state index >= 15 is 0 Å². The van der Waals surface area contributed by atoms with Crippen molar-refractivity contribution in [1.29, 1.82) is 0 Å². The van der Waals surface area contributed by atoms with Crippen LogP contribution in [0.2, 0.25) is 0 Å². The zero-order valence-electron chi connectivity index (χ0n) is 14.2. The molecule has 2 aliphatic rings. The maximum atomic E-state index is 4.52. The van der Waals surface area contributed by atoms with Crippen molar-refractivity contribution < 1.29 is 0 Å². The van der Waals surface area contributed by atoms with Gasteiger partial charge in [0.2, 0.25) is 0 Å². The number of rotatable bonds is 2. The Morgan fingerprint density at radius 3 is 2.96 bits per heavy atom. The highest BCUT2D eigenvalue weighted by Crippen LogP contribution is 2.37. The predicted octanol–water partition coefficient (Wildman–Crippen LogP) is 3.19. The normalized spacial score (nSPS) is 24.2. The molecule has 130 valence electrons. The fourth-order valence-electron chi connectivity index (χ4n) is 4.48. The zero-order chi connectivity index (χ0) is 16.7. The van der Waals surface area contributed by atoms with E-state index in [1.807, 2.05) is 12.4 Å². The first-order valence-electron chi connectivity index (χ1n) is 9.08. The Labute approximate surface area is 150 Å². The summed E-state index contributed by atoms with van der Waals surface area (Å²) in [5.41, 5.74) is 5.28. The average Bonchev–Trinajstić information content (AvgIpc) is 3.31. The van der Waals surface area contributed by atoms with Gasteiger partial charge in [-0.1, -0.05) is 6.42 Å². The number of hydrogen-bond donors (Lipinski definition) is 2. The molecule has 6 nitrogen and oxygen atoms in total. The van der Waals surface area contributed by atoms with Crippen molar-refractivity contribution in [3.63, 3.8) is 0 Å². The van der Waals surface area contributed by atoms with Gasteiger partial charge in [0.15, 0.2) is 5.82 Å². The maximum Gasteiger partial charge on any atom is 0.175 e. The molecule has 3 aromatic heterocycles. The molecule has 5 rings (SSSR count). The number of anilines is 1. The van der Waals surface area contributed by atoms with Gasteiger partial charge in [0.1, 0.15) is 11.2 Å². The Morgan fingerprint density at radius 1 is 1.16 bits per heavy atom. The van der Waals surface area contributed by atoms with Crippen LogP contribution in [0.15, 0.2) is 24.0 Å². The van der Waals surface area contributed by atoms with Gasteiger partial charge in [-0.15, -0.1) is 0 Å². The molecular weight excluding hydrogens is 332 g/mol. The van der Waals surface area contributed by atoms with E-state index in [9.17, 15) is 0 Å². The van der Waals surface area contributed by atoms with E-state index in [0.29, 0.717) is 0 Å². The van der Waals surface area contributed by atoms with Crippen molar-refractivity contribution in [2.75, 3.05) is 24.5 Å². The summed E-state index contributed by atoms with van der Waals surface area (Å²) < 4.78 is 4.43. The fourth-order valence-corrected chi connectivity index (χ4v) is 4.92. The molecule has 7 heteroatoms. The van der Waals surface area contributed by atoms with Crippen LogP contribution in [0.5, 0.6) is 0 Å². The predicted molar refractivity (Wildman–Crippen MR) is 101 cm³/mol. The Balaban J connectivity index is 1.57. The van der Waals surface area contributed by atoms with Crippen LogP contribution in [0.1, 0.15) is 32.1 Å². The van der Waals surface area contributed by atoms with E-state index in [4.69, 9.17) is 0 Å². The minimum Gasteiger partial charge on any atom is -0.369 e. The van der Waals surface area contributed by atoms with E-state index in [1.165, 1.54) is 49.3 Å². The summed E-state index contributed by atoms with van der Waals surface area (Å²) in [6.07, 6.45) is 10.3. The molecule has 1 unspecified atom stereocenters. The minimum absolute atomic E-state index is 0.279. The number of piperidine rings is 2. The van der Waals surface area contributed by atoms with Gasteiger partial charge in [0.25, 0.3) is 0 Å². The third-order valence-electron chi connectivity index (χ3n) is 5.65. The molecule has 2 saturated heterocycles. The molecule has 0 radical (unpaired) electrons. The molecule has 0 saturated carbocycles. The quantitative estimate of drug-likeness (QED) is 0.740. The van der Waals surface area contributed by atoms with Crippen LogP contribution >= 0.6 is 11.5 Å². The first kappa shape index (κ1) is 15.3. The van der Waals surface area contributed by atoms with Crippen molar-refractivity contribution in [1.82, 2.24) is 24.6 Å².